The lowest BCUT2D eigenvalue weighted by Gasteiger charge is -2.37. The molecule has 1 saturated heterocycles. The molecule has 1 amide bonds. The summed E-state index contributed by atoms with van der Waals surface area (Å²) in [4.78, 5) is 24.8. The number of benzene rings is 1. The number of rotatable bonds is 7. The van der Waals surface area contributed by atoms with Gasteiger partial charge in [0, 0.05) is 44.3 Å². The van der Waals surface area contributed by atoms with Gasteiger partial charge in [-0.1, -0.05) is 6.07 Å². The van der Waals surface area contributed by atoms with Gasteiger partial charge in [-0.15, -0.1) is 11.3 Å². The second-order valence-electron chi connectivity index (χ2n) is 8.35. The minimum atomic E-state index is -4.16. The number of piperidine rings is 1. The molecule has 0 radical (unpaired) electrons. The molecule has 1 aromatic carbocycles. The average molecular weight is 535 g/mol. The highest BCUT2D eigenvalue weighted by molar-refractivity contribution is 7.87. The third-order valence-corrected chi connectivity index (χ3v) is 8.96. The molecule has 0 spiro atoms. The molecule has 1 fully saturated rings. The van der Waals surface area contributed by atoms with Crippen molar-refractivity contribution < 1.29 is 28.2 Å². The molecule has 14 heteroatoms. The normalized spacial score (nSPS) is 15.9. The predicted octanol–water partition coefficient (Wildman–Crippen LogP) is 2.80. The number of amides is 1. The molecule has 2 aromatic heterocycles. The molecule has 192 valence electrons. The Balaban J connectivity index is 1.51. The molecule has 36 heavy (non-hydrogen) atoms. The maximum Gasteiger partial charge on any atom is 0.421 e. The summed E-state index contributed by atoms with van der Waals surface area (Å²) in [6.45, 7) is 1.91. The van der Waals surface area contributed by atoms with Gasteiger partial charge < -0.3 is 20.3 Å². The van der Waals surface area contributed by atoms with Crippen LogP contribution in [0.15, 0.2) is 36.7 Å². The number of ether oxygens (including phenoxy) is 1. The summed E-state index contributed by atoms with van der Waals surface area (Å²) >= 11 is 1.33. The van der Waals surface area contributed by atoms with Crippen LogP contribution in [0, 0.1) is 6.92 Å². The lowest BCUT2D eigenvalue weighted by Crippen LogP contribution is -2.50. The fourth-order valence-electron chi connectivity index (χ4n) is 3.84. The lowest BCUT2D eigenvalue weighted by atomic mass is 9.93. The van der Waals surface area contributed by atoms with E-state index in [2.05, 4.69) is 20.3 Å². The van der Waals surface area contributed by atoms with Gasteiger partial charge in [0.1, 0.15) is 10.6 Å². The molecule has 12 nitrogen and oxygen atoms in total. The van der Waals surface area contributed by atoms with Gasteiger partial charge >= 0.3 is 16.3 Å². The zero-order chi connectivity index (χ0) is 26.1. The van der Waals surface area contributed by atoms with Crippen LogP contribution in [0.2, 0.25) is 0 Å². The summed E-state index contributed by atoms with van der Waals surface area (Å²) in [5.74, 6) is 0.828. The van der Waals surface area contributed by atoms with Crippen LogP contribution in [0.3, 0.4) is 0 Å². The van der Waals surface area contributed by atoms with Crippen molar-refractivity contribution in [2.24, 2.45) is 0 Å². The number of hydrogen-bond donors (Lipinski definition) is 3. The maximum atomic E-state index is 12.4. The van der Waals surface area contributed by atoms with Crippen LogP contribution < -0.4 is 10.1 Å². The molecule has 0 saturated carbocycles. The first-order chi connectivity index (χ1) is 17.0. The van der Waals surface area contributed by atoms with Crippen LogP contribution in [0.1, 0.15) is 23.4 Å². The highest BCUT2D eigenvalue weighted by atomic mass is 32.2. The second kappa shape index (κ2) is 9.97. The zero-order valence-electron chi connectivity index (χ0n) is 19.9. The minimum absolute atomic E-state index is 0.0234. The van der Waals surface area contributed by atoms with Gasteiger partial charge in [0.25, 0.3) is 0 Å². The van der Waals surface area contributed by atoms with Crippen LogP contribution in [0.5, 0.6) is 5.88 Å². The highest BCUT2D eigenvalue weighted by Crippen LogP contribution is 2.39. The number of methoxy groups -OCH3 is 1. The Morgan fingerprint density at radius 3 is 2.64 bits per heavy atom. The van der Waals surface area contributed by atoms with Crippen molar-refractivity contribution in [3.63, 3.8) is 0 Å². The van der Waals surface area contributed by atoms with Gasteiger partial charge in [0.2, 0.25) is 11.8 Å². The van der Waals surface area contributed by atoms with Gasteiger partial charge in [-0.25, -0.2) is 14.8 Å². The number of thiazole rings is 1. The molecule has 3 heterocycles. The standard InChI is InChI=1S/C22H26N6O6S2/c1-14-10-15(12-16(11-14)25-20-23-7-4-18(26-20)34-3)17-13-24-19(35-17)22(31)5-8-28(9-6-22)36(32,33)27(2)21(29)30/h4,7,10-13,31H,5-6,8-9H2,1-3H3,(H,29,30)(H,23,25,26). The Bertz CT molecular complexity index is 1370. The Labute approximate surface area is 212 Å². The number of hydrogen-bond acceptors (Lipinski definition) is 10. The fraction of sp³-hybridized carbons (Fsp3) is 0.364. The van der Waals surface area contributed by atoms with Crippen molar-refractivity contribution in [2.75, 3.05) is 32.6 Å². The molecular formula is C22H26N6O6S2. The van der Waals surface area contributed by atoms with Crippen LogP contribution in [-0.4, -0.2) is 75.5 Å². The Morgan fingerprint density at radius 2 is 1.97 bits per heavy atom. The van der Waals surface area contributed by atoms with Gasteiger partial charge in [0.15, 0.2) is 0 Å². The van der Waals surface area contributed by atoms with Crippen molar-refractivity contribution in [1.82, 2.24) is 23.6 Å². The first-order valence-corrected chi connectivity index (χ1v) is 13.1. The molecule has 0 aliphatic carbocycles. The third kappa shape index (κ3) is 5.26. The fourth-order valence-corrected chi connectivity index (χ4v) is 6.07. The number of aromatic nitrogens is 3. The Hall–Kier alpha value is -3.33. The van der Waals surface area contributed by atoms with Gasteiger partial charge in [0.05, 0.1) is 12.0 Å². The van der Waals surface area contributed by atoms with Crippen molar-refractivity contribution in [1.29, 1.82) is 0 Å². The average Bonchev–Trinajstić information content (AvgIpc) is 3.35. The van der Waals surface area contributed by atoms with E-state index < -0.39 is 21.9 Å². The van der Waals surface area contributed by atoms with Crippen LogP contribution in [0.4, 0.5) is 16.4 Å². The molecule has 1 aliphatic heterocycles. The minimum Gasteiger partial charge on any atom is -0.481 e. The van der Waals surface area contributed by atoms with E-state index in [4.69, 9.17) is 9.84 Å². The molecule has 0 bridgehead atoms. The van der Waals surface area contributed by atoms with Gasteiger partial charge in [-0.3, -0.25) is 0 Å². The van der Waals surface area contributed by atoms with E-state index in [1.807, 2.05) is 25.1 Å². The van der Waals surface area contributed by atoms with E-state index in [-0.39, 0.29) is 30.2 Å². The molecule has 1 aliphatic rings. The summed E-state index contributed by atoms with van der Waals surface area (Å²) in [6.07, 6.45) is 1.91. The number of nitrogens with zero attached hydrogens (tertiary/aromatic N) is 5. The molecule has 3 N–H and O–H groups in total. The Morgan fingerprint density at radius 1 is 1.25 bits per heavy atom. The molecule has 4 rings (SSSR count). The van der Waals surface area contributed by atoms with Crippen molar-refractivity contribution in [2.45, 2.75) is 25.4 Å². The molecule has 0 unspecified atom stereocenters. The lowest BCUT2D eigenvalue weighted by molar-refractivity contribution is -0.0105. The first kappa shape index (κ1) is 25.8. The van der Waals surface area contributed by atoms with Crippen LogP contribution in [-0.2, 0) is 15.8 Å². The largest absolute Gasteiger partial charge is 0.481 e. The number of carbonyl (C=O) groups is 1. The zero-order valence-corrected chi connectivity index (χ0v) is 21.5. The van der Waals surface area contributed by atoms with Crippen molar-refractivity contribution in [3.8, 4) is 16.3 Å². The van der Waals surface area contributed by atoms with E-state index >= 15 is 0 Å². The first-order valence-electron chi connectivity index (χ1n) is 10.9. The maximum absolute atomic E-state index is 12.4. The summed E-state index contributed by atoms with van der Waals surface area (Å²) in [5.41, 5.74) is 1.34. The molecule has 0 atom stereocenters. The van der Waals surface area contributed by atoms with Gasteiger partial charge in [-0.05, 0) is 43.0 Å². The van der Waals surface area contributed by atoms with Crippen molar-refractivity contribution >= 4 is 39.3 Å². The predicted molar refractivity (Wildman–Crippen MR) is 134 cm³/mol. The number of carboxylic acid groups (broad SMARTS) is 1. The topological polar surface area (TPSA) is 158 Å². The number of aryl methyl sites for hydroxylation is 1. The quantitative estimate of drug-likeness (QED) is 0.411. The van der Waals surface area contributed by atoms with E-state index in [9.17, 15) is 18.3 Å². The van der Waals surface area contributed by atoms with E-state index in [0.717, 1.165) is 33.0 Å². The molecule has 3 aromatic rings. The van der Waals surface area contributed by atoms with E-state index in [0.29, 0.717) is 16.8 Å². The van der Waals surface area contributed by atoms with Crippen LogP contribution >= 0.6 is 11.3 Å². The van der Waals surface area contributed by atoms with E-state index in [1.54, 1.807) is 18.5 Å². The second-order valence-corrected chi connectivity index (χ2v) is 11.3. The van der Waals surface area contributed by atoms with Crippen molar-refractivity contribution in [3.05, 3.63) is 47.2 Å². The monoisotopic (exact) mass is 534 g/mol. The summed E-state index contributed by atoms with van der Waals surface area (Å²) in [5, 5.41) is 23.9. The van der Waals surface area contributed by atoms with Gasteiger partial charge in [-0.2, -0.15) is 22.0 Å². The highest BCUT2D eigenvalue weighted by Gasteiger charge is 2.41. The third-order valence-electron chi connectivity index (χ3n) is 5.85. The summed E-state index contributed by atoms with van der Waals surface area (Å²) < 4.78 is 31.4. The molecular weight excluding hydrogens is 508 g/mol. The smallest absolute Gasteiger partial charge is 0.421 e. The number of nitrogens with one attached hydrogen (secondary N) is 1. The summed E-state index contributed by atoms with van der Waals surface area (Å²) in [6, 6.07) is 7.52. The number of anilines is 2. The number of aliphatic hydroxyl groups is 1. The van der Waals surface area contributed by atoms with Crippen LogP contribution in [0.25, 0.3) is 10.4 Å². The van der Waals surface area contributed by atoms with E-state index in [1.165, 1.54) is 18.4 Å². The summed E-state index contributed by atoms with van der Waals surface area (Å²) in [7, 11) is -1.64. The Kier molecular flexibility index (Phi) is 7.13. The SMILES string of the molecule is COc1ccnc(Nc2cc(C)cc(-c3cnc(C4(O)CCN(S(=O)(=O)N(C)C(=O)O)CC4)s3)c2)n1.